The minimum Gasteiger partial charge on any atom is -0.488 e. The van der Waals surface area contributed by atoms with E-state index in [0.29, 0.717) is 47.5 Å². The van der Waals surface area contributed by atoms with Crippen LogP contribution in [0.2, 0.25) is 5.02 Å². The Labute approximate surface area is 264 Å². The first kappa shape index (κ1) is 31.7. The third kappa shape index (κ3) is 5.99. The van der Waals surface area contributed by atoms with Crippen LogP contribution in [0.15, 0.2) is 46.3 Å². The molecule has 1 unspecified atom stereocenters. The number of alkyl halides is 3. The lowest BCUT2D eigenvalue weighted by molar-refractivity contribution is -0.137. The Morgan fingerprint density at radius 1 is 1.13 bits per heavy atom. The maximum Gasteiger partial charge on any atom is 0.416 e. The number of likely N-dealkylation sites (tertiary alicyclic amines) is 1. The molecule has 4 heterocycles. The number of benzene rings is 2. The second kappa shape index (κ2) is 12.2. The fraction of sp³-hybridized carbons (Fsp3) is 0.355. The number of carbonyl (C=O) groups excluding carboxylic acids is 2. The Balaban J connectivity index is 1.16. The number of aliphatic hydroxyl groups is 1. The van der Waals surface area contributed by atoms with Crippen LogP contribution in [0.3, 0.4) is 0 Å². The first-order valence-corrected chi connectivity index (χ1v) is 14.8. The minimum absolute atomic E-state index is 0.160. The first-order chi connectivity index (χ1) is 21.8. The van der Waals surface area contributed by atoms with Crippen molar-refractivity contribution in [1.82, 2.24) is 14.8 Å². The topological polar surface area (TPSA) is 127 Å². The molecule has 2 amide bonds. The average molecular weight is 662 g/mol. The number of nitrogens with zero attached hydrogens (tertiary/aromatic N) is 3. The summed E-state index contributed by atoms with van der Waals surface area (Å²) in [5, 5.41) is 12.6. The zero-order valence-corrected chi connectivity index (χ0v) is 25.1. The van der Waals surface area contributed by atoms with Gasteiger partial charge in [0.2, 0.25) is 0 Å². The van der Waals surface area contributed by atoms with Crippen LogP contribution in [0, 0.1) is 5.82 Å². The number of anilines is 1. The number of fused-ring (bicyclic) bond motifs is 2. The van der Waals surface area contributed by atoms with Crippen molar-refractivity contribution in [1.29, 1.82) is 0 Å². The average Bonchev–Trinajstić information content (AvgIpc) is 3.52. The van der Waals surface area contributed by atoms with Crippen LogP contribution in [0.5, 0.6) is 5.75 Å². The summed E-state index contributed by atoms with van der Waals surface area (Å²) in [6.45, 7) is 0.763. The van der Waals surface area contributed by atoms with Gasteiger partial charge in [0.25, 0.3) is 17.4 Å². The van der Waals surface area contributed by atoms with E-state index in [2.05, 4.69) is 20.2 Å². The van der Waals surface area contributed by atoms with Crippen LogP contribution >= 0.6 is 11.6 Å². The van der Waals surface area contributed by atoms with Crippen molar-refractivity contribution in [3.63, 3.8) is 0 Å². The number of nitrogens with one attached hydrogen (secondary N) is 2. The third-order valence-corrected chi connectivity index (χ3v) is 8.59. The second-order valence-corrected chi connectivity index (χ2v) is 11.9. The van der Waals surface area contributed by atoms with Gasteiger partial charge in [0, 0.05) is 25.2 Å². The van der Waals surface area contributed by atoms with Crippen molar-refractivity contribution in [3.8, 4) is 5.75 Å². The molecule has 1 atom stereocenters. The molecule has 3 N–H and O–H groups in total. The molecule has 0 bridgehead atoms. The van der Waals surface area contributed by atoms with Crippen molar-refractivity contribution in [3.05, 3.63) is 85.5 Å². The number of aliphatic imine (C=N–C) groups is 1. The largest absolute Gasteiger partial charge is 0.488 e. The van der Waals surface area contributed by atoms with Gasteiger partial charge in [0.15, 0.2) is 11.6 Å². The molecule has 0 aliphatic carbocycles. The molecule has 0 radical (unpaired) electrons. The number of H-pyrrole nitrogens is 1. The van der Waals surface area contributed by atoms with E-state index >= 15 is 0 Å². The SMILES string of the molecule is CN1CCC(N2C(=O)c3cc4c(cc3C2=O)N=C(c2c(NCC(O)COc3cc(C(F)(F)F)cc(Cl)c3F)cc[nH]c2=O)C4)CC1. The highest BCUT2D eigenvalue weighted by Crippen LogP contribution is 2.38. The van der Waals surface area contributed by atoms with Crippen molar-refractivity contribution in [2.24, 2.45) is 4.99 Å². The van der Waals surface area contributed by atoms with Crippen molar-refractivity contribution < 1.29 is 37.0 Å². The molecular formula is C31H28ClF4N5O5. The van der Waals surface area contributed by atoms with Crippen molar-refractivity contribution in [2.45, 2.75) is 37.6 Å². The van der Waals surface area contributed by atoms with Crippen LogP contribution in [-0.4, -0.2) is 82.9 Å². The number of imide groups is 1. The lowest BCUT2D eigenvalue weighted by atomic mass is 10.00. The molecule has 3 aliphatic rings. The number of pyridine rings is 1. The first-order valence-electron chi connectivity index (χ1n) is 14.5. The molecule has 46 heavy (non-hydrogen) atoms. The van der Waals surface area contributed by atoms with Gasteiger partial charge < -0.3 is 25.0 Å². The number of ether oxygens (including phenoxy) is 1. The number of rotatable bonds is 8. The van der Waals surface area contributed by atoms with E-state index < -0.39 is 46.6 Å². The van der Waals surface area contributed by atoms with Gasteiger partial charge in [-0.25, -0.2) is 4.39 Å². The van der Waals surface area contributed by atoms with E-state index in [1.807, 2.05) is 7.05 Å². The molecule has 15 heteroatoms. The molecule has 1 aromatic heterocycles. The van der Waals surface area contributed by atoms with Gasteiger partial charge in [-0.1, -0.05) is 11.6 Å². The number of carbonyl (C=O) groups is 2. The van der Waals surface area contributed by atoms with Gasteiger partial charge in [-0.2, -0.15) is 13.2 Å². The lowest BCUT2D eigenvalue weighted by Crippen LogP contribution is -2.46. The number of hydrogen-bond donors (Lipinski definition) is 3. The number of hydrogen-bond acceptors (Lipinski definition) is 8. The summed E-state index contributed by atoms with van der Waals surface area (Å²) in [7, 11) is 2.00. The molecule has 0 spiro atoms. The molecule has 0 saturated carbocycles. The number of aromatic amines is 1. The molecule has 242 valence electrons. The summed E-state index contributed by atoms with van der Waals surface area (Å²) < 4.78 is 58.7. The summed E-state index contributed by atoms with van der Waals surface area (Å²) in [5.74, 6) is -2.67. The maximum atomic E-state index is 14.3. The van der Waals surface area contributed by atoms with E-state index in [4.69, 9.17) is 16.3 Å². The summed E-state index contributed by atoms with van der Waals surface area (Å²) in [4.78, 5) is 50.3. The summed E-state index contributed by atoms with van der Waals surface area (Å²) in [6, 6.07) is 5.49. The minimum atomic E-state index is -4.78. The standard InChI is InChI=1S/C31H28ClF4N5O5/c1-40-6-3-17(4-7-40)41-29(44)19-8-15-9-24(39-23(15)12-20(19)30(41)45)26-22(2-5-37-28(26)43)38-13-18(42)14-46-25-11-16(31(34,35)36)10-21(32)27(25)33/h2,5,8,10-12,17-18,42H,3-4,6-7,9,13-14H2,1H3,(H2,37,38,43). The maximum absolute atomic E-state index is 14.3. The molecule has 1 saturated heterocycles. The van der Waals surface area contributed by atoms with E-state index in [9.17, 15) is 37.1 Å². The predicted molar refractivity (Wildman–Crippen MR) is 161 cm³/mol. The van der Waals surface area contributed by atoms with Gasteiger partial charge >= 0.3 is 6.18 Å². The van der Waals surface area contributed by atoms with E-state index in [0.717, 1.165) is 13.1 Å². The van der Waals surface area contributed by atoms with E-state index in [-0.39, 0.29) is 47.6 Å². The van der Waals surface area contributed by atoms with Crippen molar-refractivity contribution in [2.75, 3.05) is 38.6 Å². The molecule has 3 aromatic rings. The van der Waals surface area contributed by atoms with Crippen LogP contribution in [0.4, 0.5) is 28.9 Å². The van der Waals surface area contributed by atoms with Gasteiger partial charge in [-0.15, -0.1) is 0 Å². The number of piperidine rings is 1. The smallest absolute Gasteiger partial charge is 0.416 e. The van der Waals surface area contributed by atoms with Crippen LogP contribution < -0.4 is 15.6 Å². The number of aliphatic hydroxyl groups excluding tert-OH is 1. The van der Waals surface area contributed by atoms with E-state index in [1.54, 1.807) is 12.1 Å². The lowest BCUT2D eigenvalue weighted by Gasteiger charge is -2.33. The fourth-order valence-corrected chi connectivity index (χ4v) is 6.11. The van der Waals surface area contributed by atoms with Gasteiger partial charge in [-0.05, 0) is 68.9 Å². The Hall–Kier alpha value is -4.27. The highest BCUT2D eigenvalue weighted by atomic mass is 35.5. The Bertz CT molecular complexity index is 1820. The summed E-state index contributed by atoms with van der Waals surface area (Å²) in [5.41, 5.74) is 0.827. The van der Waals surface area contributed by atoms with Gasteiger partial charge in [0.1, 0.15) is 12.7 Å². The Morgan fingerprint density at radius 2 is 1.83 bits per heavy atom. The molecule has 2 aromatic carbocycles. The predicted octanol–water partition coefficient (Wildman–Crippen LogP) is 4.41. The Morgan fingerprint density at radius 3 is 2.52 bits per heavy atom. The molecule has 6 rings (SSSR count). The monoisotopic (exact) mass is 661 g/mol. The number of amides is 2. The summed E-state index contributed by atoms with van der Waals surface area (Å²) in [6.07, 6.45) is -3.14. The van der Waals surface area contributed by atoms with E-state index in [1.165, 1.54) is 17.2 Å². The molecule has 1 fully saturated rings. The van der Waals surface area contributed by atoms with Crippen molar-refractivity contribution >= 4 is 40.5 Å². The summed E-state index contributed by atoms with van der Waals surface area (Å²) >= 11 is 5.59. The zero-order chi connectivity index (χ0) is 32.9. The molecule has 3 aliphatic heterocycles. The normalized spacial score (nSPS) is 17.6. The van der Waals surface area contributed by atoms with Gasteiger partial charge in [0.05, 0.1) is 44.4 Å². The second-order valence-electron chi connectivity index (χ2n) is 11.5. The van der Waals surface area contributed by atoms with Crippen LogP contribution in [0.25, 0.3) is 0 Å². The zero-order valence-electron chi connectivity index (χ0n) is 24.4. The molecule has 10 nitrogen and oxygen atoms in total. The van der Waals surface area contributed by atoms with Gasteiger partial charge in [-0.3, -0.25) is 24.3 Å². The van der Waals surface area contributed by atoms with Crippen LogP contribution in [-0.2, 0) is 12.6 Å². The number of halogens is 5. The highest BCUT2D eigenvalue weighted by Gasteiger charge is 2.42. The van der Waals surface area contributed by atoms with Crippen LogP contribution in [0.1, 0.15) is 50.2 Å². The third-order valence-electron chi connectivity index (χ3n) is 8.31. The quantitative estimate of drug-likeness (QED) is 0.241. The highest BCUT2D eigenvalue weighted by molar-refractivity contribution is 6.31. The number of aromatic nitrogens is 1. The fourth-order valence-electron chi connectivity index (χ4n) is 5.90. The Kier molecular flexibility index (Phi) is 8.38. The molecular weight excluding hydrogens is 634 g/mol.